The van der Waals surface area contributed by atoms with Crippen LogP contribution in [0.2, 0.25) is 0 Å². The van der Waals surface area contributed by atoms with E-state index < -0.39 is 10.0 Å². The van der Waals surface area contributed by atoms with Crippen LogP contribution >= 0.6 is 0 Å². The van der Waals surface area contributed by atoms with E-state index in [1.807, 2.05) is 23.1 Å². The van der Waals surface area contributed by atoms with Crippen LogP contribution in [0.1, 0.15) is 27.3 Å². The van der Waals surface area contributed by atoms with Gasteiger partial charge in [-0.05, 0) is 48.9 Å². The van der Waals surface area contributed by atoms with Crippen LogP contribution in [0.5, 0.6) is 0 Å². The van der Waals surface area contributed by atoms with Gasteiger partial charge in [0.05, 0.1) is 4.90 Å². The van der Waals surface area contributed by atoms with E-state index in [0.717, 1.165) is 5.56 Å². The number of hydrogen-bond donors (Lipinski definition) is 2. The highest BCUT2D eigenvalue weighted by Crippen LogP contribution is 2.22. The van der Waals surface area contributed by atoms with Crippen molar-refractivity contribution < 1.29 is 18.0 Å². The Morgan fingerprint density at radius 3 is 2.45 bits per heavy atom. The molecule has 0 aliphatic carbocycles. The van der Waals surface area contributed by atoms with E-state index in [0.29, 0.717) is 55.6 Å². The Labute approximate surface area is 232 Å². The van der Waals surface area contributed by atoms with Crippen molar-refractivity contribution in [1.82, 2.24) is 24.5 Å². The molecule has 0 atom stereocenters. The highest BCUT2D eigenvalue weighted by molar-refractivity contribution is 7.89. The SMILES string of the molecule is Cc1cc(C#N)nc(N2CCN(S(=O)(=O)c3ccc(NC(=O)c4ccccc4CN4CCNC4=O)cc3)CC2)n1. The third-order valence-electron chi connectivity index (χ3n) is 6.80. The second-order valence-electron chi connectivity index (χ2n) is 9.49. The molecule has 3 heterocycles. The fraction of sp³-hybridized carbons (Fsp3) is 0.296. The van der Waals surface area contributed by atoms with Crippen molar-refractivity contribution >= 4 is 33.6 Å². The second-order valence-corrected chi connectivity index (χ2v) is 11.4. The molecule has 0 spiro atoms. The average molecular weight is 561 g/mol. The predicted molar refractivity (Wildman–Crippen MR) is 147 cm³/mol. The van der Waals surface area contributed by atoms with Crippen molar-refractivity contribution in [2.24, 2.45) is 0 Å². The first kappa shape index (κ1) is 27.0. The van der Waals surface area contributed by atoms with E-state index in [1.165, 1.54) is 16.4 Å². The summed E-state index contributed by atoms with van der Waals surface area (Å²) in [5.74, 6) is 0.0684. The molecule has 5 rings (SSSR count). The third-order valence-corrected chi connectivity index (χ3v) is 8.71. The molecule has 40 heavy (non-hydrogen) atoms. The molecule has 0 radical (unpaired) electrons. The van der Waals surface area contributed by atoms with E-state index in [1.54, 1.807) is 42.2 Å². The number of nitriles is 1. The molecule has 0 unspecified atom stereocenters. The molecule has 2 N–H and O–H groups in total. The number of nitrogens with one attached hydrogen (secondary N) is 2. The zero-order valence-electron chi connectivity index (χ0n) is 21.9. The lowest BCUT2D eigenvalue weighted by Gasteiger charge is -2.34. The number of nitrogens with zero attached hydrogens (tertiary/aromatic N) is 6. The van der Waals surface area contributed by atoms with E-state index in [-0.39, 0.29) is 35.6 Å². The number of carbonyl (C=O) groups excluding carboxylic acids is 2. The number of hydrogen-bond acceptors (Lipinski definition) is 8. The minimum absolute atomic E-state index is 0.123. The van der Waals surface area contributed by atoms with E-state index in [4.69, 9.17) is 0 Å². The van der Waals surface area contributed by atoms with Gasteiger partial charge in [-0.3, -0.25) is 4.79 Å². The molecule has 2 saturated heterocycles. The topological polar surface area (TPSA) is 152 Å². The van der Waals surface area contributed by atoms with Crippen molar-refractivity contribution in [2.45, 2.75) is 18.4 Å². The number of urea groups is 1. The van der Waals surface area contributed by atoms with Crippen LogP contribution in [0.4, 0.5) is 16.4 Å². The lowest BCUT2D eigenvalue weighted by atomic mass is 10.1. The van der Waals surface area contributed by atoms with Gasteiger partial charge in [0, 0.05) is 62.8 Å². The van der Waals surface area contributed by atoms with Crippen molar-refractivity contribution in [3.05, 3.63) is 77.1 Å². The second kappa shape index (κ2) is 11.3. The monoisotopic (exact) mass is 560 g/mol. The maximum atomic E-state index is 13.3. The molecule has 3 aromatic rings. The quantitative estimate of drug-likeness (QED) is 0.445. The minimum atomic E-state index is -3.75. The zero-order valence-corrected chi connectivity index (χ0v) is 22.7. The fourth-order valence-electron chi connectivity index (χ4n) is 4.69. The Hall–Kier alpha value is -4.54. The van der Waals surface area contributed by atoms with Crippen LogP contribution in [-0.4, -0.2) is 78.8 Å². The van der Waals surface area contributed by atoms with Gasteiger partial charge in [0.1, 0.15) is 11.8 Å². The number of piperazine rings is 1. The summed E-state index contributed by atoms with van der Waals surface area (Å²) in [5.41, 5.74) is 2.55. The van der Waals surface area contributed by atoms with Gasteiger partial charge in [0.15, 0.2) is 0 Å². The molecule has 2 fully saturated rings. The number of rotatable bonds is 7. The molecular formula is C27H28N8O4S. The van der Waals surface area contributed by atoms with Gasteiger partial charge in [-0.25, -0.2) is 23.2 Å². The van der Waals surface area contributed by atoms with Crippen LogP contribution in [0.15, 0.2) is 59.5 Å². The first-order valence-corrected chi connectivity index (χ1v) is 14.2. The molecule has 0 bridgehead atoms. The molecule has 2 aliphatic heterocycles. The van der Waals surface area contributed by atoms with Crippen molar-refractivity contribution in [1.29, 1.82) is 5.26 Å². The Bertz CT molecular complexity index is 1580. The molecule has 12 nitrogen and oxygen atoms in total. The summed E-state index contributed by atoms with van der Waals surface area (Å²) in [4.78, 5) is 37.2. The number of anilines is 2. The highest BCUT2D eigenvalue weighted by atomic mass is 32.2. The number of aryl methyl sites for hydroxylation is 1. The molecule has 13 heteroatoms. The van der Waals surface area contributed by atoms with Crippen LogP contribution in [-0.2, 0) is 16.6 Å². The number of benzene rings is 2. The summed E-state index contributed by atoms with van der Waals surface area (Å²) in [6, 6.07) is 16.6. The first-order valence-electron chi connectivity index (χ1n) is 12.8. The standard InChI is InChI=1S/C27H28N8O4S/c1-19-16-22(17-28)32-26(30-19)33-12-14-35(15-13-33)40(38,39)23-8-6-21(7-9-23)31-25(36)24-5-3-2-4-20(24)18-34-11-10-29-27(34)37/h2-9,16H,10-15,18H2,1H3,(H,29,37)(H,31,36). The first-order chi connectivity index (χ1) is 19.2. The largest absolute Gasteiger partial charge is 0.338 e. The lowest BCUT2D eigenvalue weighted by molar-refractivity contribution is 0.102. The summed E-state index contributed by atoms with van der Waals surface area (Å²) in [6.45, 7) is 4.50. The van der Waals surface area contributed by atoms with Gasteiger partial charge in [-0.2, -0.15) is 9.57 Å². The summed E-state index contributed by atoms with van der Waals surface area (Å²) >= 11 is 0. The van der Waals surface area contributed by atoms with Gasteiger partial charge in [-0.15, -0.1) is 0 Å². The lowest BCUT2D eigenvalue weighted by Crippen LogP contribution is -2.49. The molecule has 3 amide bonds. The summed E-state index contributed by atoms with van der Waals surface area (Å²) < 4.78 is 28.0. The van der Waals surface area contributed by atoms with Gasteiger partial charge in [0.2, 0.25) is 16.0 Å². The van der Waals surface area contributed by atoms with Crippen LogP contribution in [0.3, 0.4) is 0 Å². The maximum absolute atomic E-state index is 13.3. The smallest absolute Gasteiger partial charge is 0.317 e. The van der Waals surface area contributed by atoms with E-state index >= 15 is 0 Å². The number of aromatic nitrogens is 2. The van der Waals surface area contributed by atoms with Gasteiger partial charge < -0.3 is 20.4 Å². The Morgan fingerprint density at radius 1 is 1.05 bits per heavy atom. The Balaban J connectivity index is 1.23. The van der Waals surface area contributed by atoms with Crippen LogP contribution in [0, 0.1) is 18.3 Å². The average Bonchev–Trinajstić information content (AvgIpc) is 3.37. The molecule has 2 aromatic carbocycles. The molecule has 2 aliphatic rings. The molecule has 1 aromatic heterocycles. The van der Waals surface area contributed by atoms with Crippen molar-refractivity contribution in [2.75, 3.05) is 49.5 Å². The highest BCUT2D eigenvalue weighted by Gasteiger charge is 2.29. The van der Waals surface area contributed by atoms with Crippen LogP contribution < -0.4 is 15.5 Å². The molecular weight excluding hydrogens is 532 g/mol. The number of carbonyl (C=O) groups is 2. The maximum Gasteiger partial charge on any atom is 0.317 e. The van der Waals surface area contributed by atoms with E-state index in [9.17, 15) is 23.3 Å². The van der Waals surface area contributed by atoms with Crippen molar-refractivity contribution in [3.63, 3.8) is 0 Å². The molecule has 0 saturated carbocycles. The van der Waals surface area contributed by atoms with Crippen LogP contribution in [0.25, 0.3) is 0 Å². The minimum Gasteiger partial charge on any atom is -0.338 e. The van der Waals surface area contributed by atoms with Crippen molar-refractivity contribution in [3.8, 4) is 6.07 Å². The van der Waals surface area contributed by atoms with Gasteiger partial charge in [-0.1, -0.05) is 18.2 Å². The van der Waals surface area contributed by atoms with Gasteiger partial charge in [0.25, 0.3) is 5.91 Å². The normalized spacial score (nSPS) is 15.9. The summed E-state index contributed by atoms with van der Waals surface area (Å²) in [6.07, 6.45) is 0. The van der Waals surface area contributed by atoms with E-state index in [2.05, 4.69) is 20.6 Å². The summed E-state index contributed by atoms with van der Waals surface area (Å²) in [7, 11) is -3.75. The summed E-state index contributed by atoms with van der Waals surface area (Å²) in [5, 5.41) is 14.7. The Morgan fingerprint density at radius 2 is 1.77 bits per heavy atom. The zero-order chi connectivity index (χ0) is 28.3. The number of sulfonamides is 1. The molecule has 206 valence electrons. The van der Waals surface area contributed by atoms with Gasteiger partial charge >= 0.3 is 6.03 Å². The third kappa shape index (κ3) is 5.73. The predicted octanol–water partition coefficient (Wildman–Crippen LogP) is 1.95. The fourth-order valence-corrected chi connectivity index (χ4v) is 6.11. The number of amides is 3. The Kier molecular flexibility index (Phi) is 7.63.